The zero-order valence-corrected chi connectivity index (χ0v) is 14.7. The number of hydrogen-bond donors (Lipinski definition) is 1. The van der Waals surface area contributed by atoms with Gasteiger partial charge in [0.25, 0.3) is 0 Å². The average Bonchev–Trinajstić information content (AvgIpc) is 3.16. The van der Waals surface area contributed by atoms with Crippen molar-refractivity contribution in [2.45, 2.75) is 0 Å². The molecule has 0 bridgehead atoms. The number of likely N-dealkylation sites (N-methyl/N-ethyl adjacent to an activating group) is 1. The molecule has 130 valence electrons. The van der Waals surface area contributed by atoms with Gasteiger partial charge in [-0.25, -0.2) is 15.0 Å². The minimum Gasteiger partial charge on any atom is -0.352 e. The van der Waals surface area contributed by atoms with Gasteiger partial charge in [0.15, 0.2) is 17.3 Å². The Morgan fingerprint density at radius 2 is 1.73 bits per heavy atom. The molecule has 6 heteroatoms. The van der Waals surface area contributed by atoms with Gasteiger partial charge in [-0.05, 0) is 17.8 Å². The van der Waals surface area contributed by atoms with Gasteiger partial charge >= 0.3 is 0 Å². The monoisotopic (exact) mass is 344 g/mol. The van der Waals surface area contributed by atoms with Crippen molar-refractivity contribution in [1.29, 1.82) is 0 Å². The summed E-state index contributed by atoms with van der Waals surface area (Å²) in [5, 5.41) is 2.35. The van der Waals surface area contributed by atoms with Crippen LogP contribution < -0.4 is 4.90 Å². The van der Waals surface area contributed by atoms with Crippen LogP contribution in [0.2, 0.25) is 0 Å². The first-order valence-electron chi connectivity index (χ1n) is 8.92. The molecule has 0 spiro atoms. The standard InChI is InChI=1S/C20H20N6/c1-25-9-11-26(12-10-25)20-17-19(22-13-21-17)23-18(24-20)16-8-4-6-14-5-2-3-7-15(14)16/h2-8,13H,9-12H2,1H3,(H,21,22,23,24). The lowest BCUT2D eigenvalue weighted by molar-refractivity contribution is 0.312. The van der Waals surface area contributed by atoms with E-state index in [0.29, 0.717) is 0 Å². The van der Waals surface area contributed by atoms with E-state index in [1.165, 1.54) is 5.39 Å². The summed E-state index contributed by atoms with van der Waals surface area (Å²) >= 11 is 0. The summed E-state index contributed by atoms with van der Waals surface area (Å²) in [5.41, 5.74) is 2.68. The van der Waals surface area contributed by atoms with Crippen LogP contribution in [0.3, 0.4) is 0 Å². The SMILES string of the molecule is CN1CCN(c2nc(-c3cccc4ccccc34)nc3nc[nH]c23)CC1. The van der Waals surface area contributed by atoms with Gasteiger partial charge in [-0.2, -0.15) is 0 Å². The minimum absolute atomic E-state index is 0.719. The molecule has 0 saturated carbocycles. The minimum atomic E-state index is 0.719. The van der Waals surface area contributed by atoms with Crippen LogP contribution in [0, 0.1) is 0 Å². The number of aromatic amines is 1. The number of imidazole rings is 1. The molecule has 0 amide bonds. The molecule has 0 radical (unpaired) electrons. The summed E-state index contributed by atoms with van der Waals surface area (Å²) in [5.74, 6) is 1.68. The fraction of sp³-hybridized carbons (Fsp3) is 0.250. The predicted octanol–water partition coefficient (Wildman–Crippen LogP) is 2.92. The zero-order valence-electron chi connectivity index (χ0n) is 14.7. The molecule has 1 aliphatic rings. The quantitative estimate of drug-likeness (QED) is 0.606. The second kappa shape index (κ2) is 6.07. The van der Waals surface area contributed by atoms with Gasteiger partial charge in [0.2, 0.25) is 0 Å². The van der Waals surface area contributed by atoms with Crippen molar-refractivity contribution in [3.63, 3.8) is 0 Å². The maximum absolute atomic E-state index is 4.97. The Balaban J connectivity index is 1.69. The summed E-state index contributed by atoms with van der Waals surface area (Å²) in [6, 6.07) is 14.6. The third-order valence-electron chi connectivity index (χ3n) is 5.10. The van der Waals surface area contributed by atoms with E-state index in [9.17, 15) is 0 Å². The molecule has 2 aromatic heterocycles. The van der Waals surface area contributed by atoms with Crippen molar-refractivity contribution < 1.29 is 0 Å². The van der Waals surface area contributed by atoms with Crippen molar-refractivity contribution in [3.05, 3.63) is 48.8 Å². The van der Waals surface area contributed by atoms with Crippen molar-refractivity contribution in [2.24, 2.45) is 0 Å². The van der Waals surface area contributed by atoms with Crippen LogP contribution >= 0.6 is 0 Å². The molecule has 1 aliphatic heterocycles. The Labute approximate surface area is 151 Å². The number of hydrogen-bond acceptors (Lipinski definition) is 5. The lowest BCUT2D eigenvalue weighted by atomic mass is 10.0. The van der Waals surface area contributed by atoms with Crippen molar-refractivity contribution in [3.8, 4) is 11.4 Å². The molecule has 0 aliphatic carbocycles. The van der Waals surface area contributed by atoms with Crippen LogP contribution in [0.4, 0.5) is 5.82 Å². The summed E-state index contributed by atoms with van der Waals surface area (Å²) in [7, 11) is 2.16. The number of benzene rings is 2. The Morgan fingerprint density at radius 3 is 2.62 bits per heavy atom. The maximum Gasteiger partial charge on any atom is 0.183 e. The van der Waals surface area contributed by atoms with Gasteiger partial charge in [0, 0.05) is 31.7 Å². The molecule has 26 heavy (non-hydrogen) atoms. The van der Waals surface area contributed by atoms with E-state index < -0.39 is 0 Å². The first kappa shape index (κ1) is 15.3. The van der Waals surface area contributed by atoms with Crippen LogP contribution in [0.1, 0.15) is 0 Å². The van der Waals surface area contributed by atoms with Gasteiger partial charge in [-0.15, -0.1) is 0 Å². The molecule has 1 fully saturated rings. The van der Waals surface area contributed by atoms with Crippen LogP contribution in [0.25, 0.3) is 33.3 Å². The predicted molar refractivity (Wildman–Crippen MR) is 104 cm³/mol. The molecule has 5 rings (SSSR count). The Bertz CT molecular complexity index is 1070. The van der Waals surface area contributed by atoms with Crippen LogP contribution in [-0.2, 0) is 0 Å². The molecule has 1 N–H and O–H groups in total. The largest absolute Gasteiger partial charge is 0.352 e. The topological polar surface area (TPSA) is 60.9 Å². The molecule has 0 atom stereocenters. The molecular weight excluding hydrogens is 324 g/mol. The first-order valence-corrected chi connectivity index (χ1v) is 8.92. The van der Waals surface area contributed by atoms with Gasteiger partial charge in [-0.3, -0.25) is 0 Å². The molecule has 2 aromatic carbocycles. The van der Waals surface area contributed by atoms with Crippen molar-refractivity contribution in [2.75, 3.05) is 38.1 Å². The van der Waals surface area contributed by atoms with Gasteiger partial charge in [0.1, 0.15) is 5.52 Å². The number of H-pyrrole nitrogens is 1. The molecule has 4 aromatic rings. The summed E-state index contributed by atoms with van der Waals surface area (Å²) in [6.45, 7) is 3.97. The first-order chi connectivity index (χ1) is 12.8. The fourth-order valence-corrected chi connectivity index (χ4v) is 3.61. The molecule has 3 heterocycles. The van der Waals surface area contributed by atoms with Gasteiger partial charge in [0.05, 0.1) is 6.33 Å². The highest BCUT2D eigenvalue weighted by atomic mass is 15.3. The molecule has 6 nitrogen and oxygen atoms in total. The second-order valence-corrected chi connectivity index (χ2v) is 6.79. The van der Waals surface area contributed by atoms with Crippen LogP contribution in [0.15, 0.2) is 48.8 Å². The Hall–Kier alpha value is -2.99. The van der Waals surface area contributed by atoms with E-state index in [0.717, 1.165) is 59.9 Å². The number of rotatable bonds is 2. The fourth-order valence-electron chi connectivity index (χ4n) is 3.61. The summed E-state index contributed by atoms with van der Waals surface area (Å²) in [4.78, 5) is 22.0. The summed E-state index contributed by atoms with van der Waals surface area (Å²) in [6.07, 6.45) is 1.70. The molecular formula is C20H20N6. The molecule has 0 unspecified atom stereocenters. The Kier molecular flexibility index (Phi) is 3.57. The lowest BCUT2D eigenvalue weighted by Crippen LogP contribution is -2.45. The third-order valence-corrected chi connectivity index (χ3v) is 5.10. The van der Waals surface area contributed by atoms with E-state index in [-0.39, 0.29) is 0 Å². The van der Waals surface area contributed by atoms with E-state index in [1.807, 2.05) is 0 Å². The van der Waals surface area contributed by atoms with Crippen LogP contribution in [-0.4, -0.2) is 58.1 Å². The number of nitrogens with one attached hydrogen (secondary N) is 1. The van der Waals surface area contributed by atoms with Crippen molar-refractivity contribution in [1.82, 2.24) is 24.8 Å². The van der Waals surface area contributed by atoms with E-state index >= 15 is 0 Å². The lowest BCUT2D eigenvalue weighted by Gasteiger charge is -2.33. The number of fused-ring (bicyclic) bond motifs is 2. The number of nitrogens with zero attached hydrogens (tertiary/aromatic N) is 5. The highest BCUT2D eigenvalue weighted by Crippen LogP contribution is 2.30. The summed E-state index contributed by atoms with van der Waals surface area (Å²) < 4.78 is 0. The van der Waals surface area contributed by atoms with E-state index in [2.05, 4.69) is 69.3 Å². The van der Waals surface area contributed by atoms with Gasteiger partial charge < -0.3 is 14.8 Å². The second-order valence-electron chi connectivity index (χ2n) is 6.79. The third kappa shape index (κ3) is 2.50. The highest BCUT2D eigenvalue weighted by molar-refractivity contribution is 5.96. The smallest absolute Gasteiger partial charge is 0.183 e. The number of anilines is 1. The number of piperazine rings is 1. The normalized spacial score (nSPS) is 15.8. The highest BCUT2D eigenvalue weighted by Gasteiger charge is 2.21. The van der Waals surface area contributed by atoms with Crippen molar-refractivity contribution >= 4 is 27.8 Å². The van der Waals surface area contributed by atoms with Gasteiger partial charge in [-0.1, -0.05) is 42.5 Å². The average molecular weight is 344 g/mol. The number of aromatic nitrogens is 4. The van der Waals surface area contributed by atoms with E-state index in [4.69, 9.17) is 9.97 Å². The Morgan fingerprint density at radius 1 is 0.923 bits per heavy atom. The molecule has 1 saturated heterocycles. The zero-order chi connectivity index (χ0) is 17.5. The maximum atomic E-state index is 4.97. The van der Waals surface area contributed by atoms with E-state index in [1.54, 1.807) is 6.33 Å². The van der Waals surface area contributed by atoms with Crippen LogP contribution in [0.5, 0.6) is 0 Å².